The van der Waals surface area contributed by atoms with E-state index in [9.17, 15) is 0 Å². The molecule has 0 radical (unpaired) electrons. The Morgan fingerprint density at radius 2 is 1.80 bits per heavy atom. The number of benzene rings is 2. The molecule has 25 heavy (non-hydrogen) atoms. The number of aromatic nitrogens is 1. The summed E-state index contributed by atoms with van der Waals surface area (Å²) >= 11 is 11.9. The van der Waals surface area contributed by atoms with E-state index in [4.69, 9.17) is 27.9 Å². The van der Waals surface area contributed by atoms with Crippen LogP contribution in [0.3, 0.4) is 0 Å². The molecule has 1 aromatic heterocycles. The maximum absolute atomic E-state index is 6.05. The van der Waals surface area contributed by atoms with E-state index in [1.807, 2.05) is 54.6 Å². The molecular formula is C19H15Cl2N3O. The van der Waals surface area contributed by atoms with Crippen molar-refractivity contribution < 1.29 is 4.74 Å². The van der Waals surface area contributed by atoms with E-state index in [1.165, 1.54) is 6.20 Å². The SMILES string of the molecule is Clc1cnc(N/N=C/c2ccccc2OCc2ccccc2)c(Cl)c1. The topological polar surface area (TPSA) is 46.5 Å². The molecule has 0 saturated carbocycles. The molecule has 0 atom stereocenters. The highest BCUT2D eigenvalue weighted by Crippen LogP contribution is 2.22. The Hall–Kier alpha value is -2.56. The Labute approximate surface area is 156 Å². The molecule has 6 heteroatoms. The lowest BCUT2D eigenvalue weighted by Crippen LogP contribution is -1.99. The minimum absolute atomic E-state index is 0.401. The van der Waals surface area contributed by atoms with Crippen LogP contribution in [0.15, 0.2) is 72.0 Å². The van der Waals surface area contributed by atoms with Crippen molar-refractivity contribution in [2.45, 2.75) is 6.61 Å². The Morgan fingerprint density at radius 1 is 1.04 bits per heavy atom. The third kappa shape index (κ3) is 4.95. The van der Waals surface area contributed by atoms with Crippen molar-refractivity contribution in [1.82, 2.24) is 4.98 Å². The first-order valence-corrected chi connectivity index (χ1v) is 8.34. The Kier molecular flexibility index (Phi) is 5.88. The first-order valence-electron chi connectivity index (χ1n) is 7.58. The average molecular weight is 372 g/mol. The lowest BCUT2D eigenvalue weighted by molar-refractivity contribution is 0.306. The molecule has 0 spiro atoms. The van der Waals surface area contributed by atoms with Gasteiger partial charge in [0.25, 0.3) is 0 Å². The molecule has 0 unspecified atom stereocenters. The number of hydrazone groups is 1. The summed E-state index contributed by atoms with van der Waals surface area (Å²) in [6.45, 7) is 0.490. The highest BCUT2D eigenvalue weighted by molar-refractivity contribution is 6.35. The van der Waals surface area contributed by atoms with Gasteiger partial charge in [0.05, 0.1) is 16.3 Å². The molecule has 1 N–H and O–H groups in total. The van der Waals surface area contributed by atoms with Crippen molar-refractivity contribution in [1.29, 1.82) is 0 Å². The van der Waals surface area contributed by atoms with E-state index in [2.05, 4.69) is 15.5 Å². The quantitative estimate of drug-likeness (QED) is 0.465. The lowest BCUT2D eigenvalue weighted by atomic mass is 10.2. The molecule has 126 valence electrons. The predicted octanol–water partition coefficient (Wildman–Crippen LogP) is 5.41. The van der Waals surface area contributed by atoms with Crippen LogP contribution in [-0.4, -0.2) is 11.2 Å². The van der Waals surface area contributed by atoms with Crippen LogP contribution in [-0.2, 0) is 6.61 Å². The van der Waals surface area contributed by atoms with Crippen LogP contribution in [0.25, 0.3) is 0 Å². The molecule has 0 aliphatic heterocycles. The van der Waals surface area contributed by atoms with Gasteiger partial charge in [-0.1, -0.05) is 65.7 Å². The number of hydrogen-bond donors (Lipinski definition) is 1. The van der Waals surface area contributed by atoms with Gasteiger partial charge in [0.2, 0.25) is 0 Å². The van der Waals surface area contributed by atoms with Crippen LogP contribution < -0.4 is 10.2 Å². The molecule has 0 fully saturated rings. The number of nitrogens with one attached hydrogen (secondary N) is 1. The number of rotatable bonds is 6. The lowest BCUT2D eigenvalue weighted by Gasteiger charge is -2.09. The number of para-hydroxylation sites is 1. The molecule has 0 saturated heterocycles. The van der Waals surface area contributed by atoms with Crippen LogP contribution in [0.4, 0.5) is 5.82 Å². The summed E-state index contributed by atoms with van der Waals surface area (Å²) < 4.78 is 5.89. The fourth-order valence-corrected chi connectivity index (χ4v) is 2.54. The number of hydrogen-bond acceptors (Lipinski definition) is 4. The summed E-state index contributed by atoms with van der Waals surface area (Å²) in [5.41, 5.74) is 4.75. The number of anilines is 1. The Morgan fingerprint density at radius 3 is 2.60 bits per heavy atom. The van der Waals surface area contributed by atoms with Crippen molar-refractivity contribution in [3.05, 3.63) is 88.0 Å². The van der Waals surface area contributed by atoms with Crippen molar-refractivity contribution >= 4 is 35.2 Å². The molecule has 3 rings (SSSR count). The van der Waals surface area contributed by atoms with Gasteiger partial charge < -0.3 is 4.74 Å². The predicted molar refractivity (Wildman–Crippen MR) is 103 cm³/mol. The number of nitrogens with zero attached hydrogens (tertiary/aromatic N) is 2. The van der Waals surface area contributed by atoms with Gasteiger partial charge in [-0.3, -0.25) is 5.43 Å². The summed E-state index contributed by atoms with van der Waals surface area (Å²) in [6.07, 6.45) is 3.16. The minimum Gasteiger partial charge on any atom is -0.488 e. The first kappa shape index (κ1) is 17.3. The van der Waals surface area contributed by atoms with E-state index in [-0.39, 0.29) is 0 Å². The van der Waals surface area contributed by atoms with E-state index >= 15 is 0 Å². The molecule has 1 heterocycles. The molecule has 0 aliphatic carbocycles. The highest BCUT2D eigenvalue weighted by atomic mass is 35.5. The molecule has 0 amide bonds. The maximum Gasteiger partial charge on any atom is 0.165 e. The first-order chi connectivity index (χ1) is 12.2. The van der Waals surface area contributed by atoms with Gasteiger partial charge in [0, 0.05) is 11.8 Å². The summed E-state index contributed by atoms with van der Waals surface area (Å²) in [6, 6.07) is 19.3. The minimum atomic E-state index is 0.401. The largest absolute Gasteiger partial charge is 0.488 e. The van der Waals surface area contributed by atoms with Gasteiger partial charge in [-0.2, -0.15) is 5.10 Å². The Balaban J connectivity index is 1.68. The van der Waals surface area contributed by atoms with Crippen LogP contribution in [0.1, 0.15) is 11.1 Å². The number of pyridine rings is 1. The molecule has 0 aliphatic rings. The molecule has 0 bridgehead atoms. The van der Waals surface area contributed by atoms with Gasteiger partial charge in [0.15, 0.2) is 5.82 Å². The monoisotopic (exact) mass is 371 g/mol. The van der Waals surface area contributed by atoms with Crippen molar-refractivity contribution in [3.8, 4) is 5.75 Å². The van der Waals surface area contributed by atoms with Gasteiger partial charge in [-0.25, -0.2) is 4.98 Å². The zero-order valence-electron chi connectivity index (χ0n) is 13.2. The van der Waals surface area contributed by atoms with E-state index in [0.717, 1.165) is 16.9 Å². The zero-order chi connectivity index (χ0) is 17.5. The van der Waals surface area contributed by atoms with Crippen LogP contribution in [0.2, 0.25) is 10.0 Å². The normalized spacial score (nSPS) is 10.8. The standard InChI is InChI=1S/C19H15Cl2N3O/c20-16-10-17(21)19(22-12-16)24-23-11-15-8-4-5-9-18(15)25-13-14-6-2-1-3-7-14/h1-12H,13H2,(H,22,24)/b23-11+. The molecular weight excluding hydrogens is 357 g/mol. The second kappa shape index (κ2) is 8.51. The van der Waals surface area contributed by atoms with Gasteiger partial charge >= 0.3 is 0 Å². The zero-order valence-corrected chi connectivity index (χ0v) is 14.7. The highest BCUT2D eigenvalue weighted by Gasteiger charge is 2.03. The van der Waals surface area contributed by atoms with Crippen LogP contribution in [0, 0.1) is 0 Å². The molecule has 3 aromatic rings. The number of halogens is 2. The third-order valence-electron chi connectivity index (χ3n) is 3.34. The number of ether oxygens (including phenoxy) is 1. The van der Waals surface area contributed by atoms with Crippen molar-refractivity contribution in [3.63, 3.8) is 0 Å². The maximum atomic E-state index is 6.05. The summed E-state index contributed by atoms with van der Waals surface area (Å²) in [7, 11) is 0. The van der Waals surface area contributed by atoms with Gasteiger partial charge in [-0.05, 0) is 23.8 Å². The summed E-state index contributed by atoms with van der Waals surface area (Å²) in [4.78, 5) is 4.09. The third-order valence-corrected chi connectivity index (χ3v) is 3.83. The van der Waals surface area contributed by atoms with E-state index in [1.54, 1.807) is 12.3 Å². The van der Waals surface area contributed by atoms with Crippen molar-refractivity contribution in [2.75, 3.05) is 5.43 Å². The molecule has 2 aromatic carbocycles. The van der Waals surface area contributed by atoms with E-state index < -0.39 is 0 Å². The molecule has 4 nitrogen and oxygen atoms in total. The second-order valence-corrected chi connectivity index (χ2v) is 6.01. The van der Waals surface area contributed by atoms with Gasteiger partial charge in [0.1, 0.15) is 12.4 Å². The van der Waals surface area contributed by atoms with Gasteiger partial charge in [-0.15, -0.1) is 0 Å². The summed E-state index contributed by atoms with van der Waals surface area (Å²) in [5.74, 6) is 1.18. The smallest absolute Gasteiger partial charge is 0.165 e. The van der Waals surface area contributed by atoms with Crippen LogP contribution >= 0.6 is 23.2 Å². The van der Waals surface area contributed by atoms with Crippen LogP contribution in [0.5, 0.6) is 5.75 Å². The fourth-order valence-electron chi connectivity index (χ4n) is 2.11. The van der Waals surface area contributed by atoms with Crippen molar-refractivity contribution in [2.24, 2.45) is 5.10 Å². The average Bonchev–Trinajstić information content (AvgIpc) is 2.63. The van der Waals surface area contributed by atoms with E-state index in [0.29, 0.717) is 22.5 Å². The second-order valence-electron chi connectivity index (χ2n) is 5.17. The Bertz CT molecular complexity index is 870. The fraction of sp³-hybridized carbons (Fsp3) is 0.0526. The summed E-state index contributed by atoms with van der Waals surface area (Å²) in [5, 5.41) is 5.05.